The Morgan fingerprint density at radius 1 is 1.36 bits per heavy atom. The van der Waals surface area contributed by atoms with Crippen LogP contribution in [0.15, 0.2) is 29.4 Å². The molecule has 2 aromatic rings. The smallest absolute Gasteiger partial charge is 0.245 e. The average molecular weight is 388 g/mol. The highest BCUT2D eigenvalue weighted by Crippen LogP contribution is 2.25. The first-order valence-corrected chi connectivity index (χ1v) is 9.30. The Balaban J connectivity index is 0.00000225. The molecule has 0 radical (unpaired) electrons. The van der Waals surface area contributed by atoms with E-state index in [1.54, 1.807) is 30.2 Å². The number of carbonyl (C=O) groups is 1. The van der Waals surface area contributed by atoms with Gasteiger partial charge >= 0.3 is 0 Å². The molecule has 2 aromatic heterocycles. The van der Waals surface area contributed by atoms with Crippen LogP contribution in [-0.4, -0.2) is 66.2 Å². The van der Waals surface area contributed by atoms with Crippen LogP contribution in [0.25, 0.3) is 11.0 Å². The van der Waals surface area contributed by atoms with Gasteiger partial charge in [0.15, 0.2) is 0 Å². The van der Waals surface area contributed by atoms with Gasteiger partial charge in [-0.2, -0.15) is 4.31 Å². The van der Waals surface area contributed by atoms with Crippen LogP contribution in [-0.2, 0) is 14.8 Å². The molecule has 1 unspecified atom stereocenters. The van der Waals surface area contributed by atoms with Gasteiger partial charge in [-0.3, -0.25) is 4.79 Å². The third-order valence-corrected chi connectivity index (χ3v) is 6.29. The van der Waals surface area contributed by atoms with E-state index in [2.05, 4.69) is 9.97 Å². The number of piperazine rings is 1. The van der Waals surface area contributed by atoms with Gasteiger partial charge in [-0.15, -0.1) is 12.4 Å². The van der Waals surface area contributed by atoms with Crippen molar-refractivity contribution in [1.82, 2.24) is 19.2 Å². The summed E-state index contributed by atoms with van der Waals surface area (Å²) in [5.41, 5.74) is 6.07. The number of nitrogens with zero attached hydrogens (tertiary/aromatic N) is 3. The molecule has 138 valence electrons. The lowest BCUT2D eigenvalue weighted by Crippen LogP contribution is -2.52. The Bertz CT molecular complexity index is 846. The lowest BCUT2D eigenvalue weighted by atomic mass is 10.1. The summed E-state index contributed by atoms with van der Waals surface area (Å²) < 4.78 is 27.2. The number of carbonyl (C=O) groups excluding carboxylic acids is 1. The molecule has 3 rings (SSSR count). The van der Waals surface area contributed by atoms with Crippen molar-refractivity contribution in [3.05, 3.63) is 24.5 Å². The van der Waals surface area contributed by atoms with E-state index in [4.69, 9.17) is 5.73 Å². The summed E-state index contributed by atoms with van der Waals surface area (Å²) >= 11 is 0. The van der Waals surface area contributed by atoms with Gasteiger partial charge in [0, 0.05) is 56.4 Å². The van der Waals surface area contributed by atoms with E-state index in [1.807, 2.05) is 0 Å². The van der Waals surface area contributed by atoms with Crippen LogP contribution >= 0.6 is 12.4 Å². The van der Waals surface area contributed by atoms with E-state index in [9.17, 15) is 13.2 Å². The number of nitrogens with one attached hydrogen (secondary N) is 1. The van der Waals surface area contributed by atoms with Crippen LogP contribution in [0.1, 0.15) is 6.92 Å². The van der Waals surface area contributed by atoms with Gasteiger partial charge in [-0.25, -0.2) is 13.4 Å². The predicted octanol–water partition coefficient (Wildman–Crippen LogP) is 0.412. The van der Waals surface area contributed by atoms with Crippen LogP contribution in [0.3, 0.4) is 0 Å². The molecule has 1 amide bonds. The molecule has 3 heterocycles. The van der Waals surface area contributed by atoms with Crippen LogP contribution < -0.4 is 5.73 Å². The van der Waals surface area contributed by atoms with Gasteiger partial charge in [0.1, 0.15) is 10.5 Å². The SMILES string of the molecule is CC(CN)C(=O)N1CCN(S(=O)(=O)c2c[nH]c3ncccc23)CC1.Cl. The van der Waals surface area contributed by atoms with E-state index in [1.165, 1.54) is 10.5 Å². The highest BCUT2D eigenvalue weighted by molar-refractivity contribution is 7.89. The minimum atomic E-state index is -3.62. The van der Waals surface area contributed by atoms with Gasteiger partial charge in [0.2, 0.25) is 15.9 Å². The number of rotatable bonds is 4. The Morgan fingerprint density at radius 2 is 2.04 bits per heavy atom. The van der Waals surface area contributed by atoms with Crippen molar-refractivity contribution in [3.63, 3.8) is 0 Å². The minimum Gasteiger partial charge on any atom is -0.345 e. The van der Waals surface area contributed by atoms with E-state index in [0.717, 1.165) is 0 Å². The molecule has 0 saturated carbocycles. The molecule has 1 saturated heterocycles. The number of aromatic amines is 1. The average Bonchev–Trinajstić information content (AvgIpc) is 3.05. The van der Waals surface area contributed by atoms with Crippen LogP contribution in [0.5, 0.6) is 0 Å². The highest BCUT2D eigenvalue weighted by Gasteiger charge is 2.32. The molecule has 0 aliphatic carbocycles. The summed E-state index contributed by atoms with van der Waals surface area (Å²) in [6.07, 6.45) is 3.08. The molecule has 10 heteroatoms. The molecule has 1 fully saturated rings. The first kappa shape index (κ1) is 19.6. The second kappa shape index (κ2) is 7.69. The zero-order valence-electron chi connectivity index (χ0n) is 13.9. The minimum absolute atomic E-state index is 0. The Kier molecular flexibility index (Phi) is 6.04. The van der Waals surface area contributed by atoms with Crippen molar-refractivity contribution >= 4 is 39.4 Å². The topological polar surface area (TPSA) is 112 Å². The van der Waals surface area contributed by atoms with Crippen molar-refractivity contribution in [1.29, 1.82) is 0 Å². The molecule has 1 aliphatic heterocycles. The fraction of sp³-hybridized carbons (Fsp3) is 0.467. The van der Waals surface area contributed by atoms with Crippen molar-refractivity contribution in [2.45, 2.75) is 11.8 Å². The number of halogens is 1. The lowest BCUT2D eigenvalue weighted by Gasteiger charge is -2.35. The highest BCUT2D eigenvalue weighted by atomic mass is 35.5. The molecule has 1 atom stereocenters. The molecule has 8 nitrogen and oxygen atoms in total. The number of fused-ring (bicyclic) bond motifs is 1. The monoisotopic (exact) mass is 387 g/mol. The van der Waals surface area contributed by atoms with Crippen LogP contribution in [0, 0.1) is 5.92 Å². The van der Waals surface area contributed by atoms with Gasteiger partial charge in [-0.05, 0) is 12.1 Å². The normalized spacial score (nSPS) is 17.3. The number of H-pyrrole nitrogens is 1. The van der Waals surface area contributed by atoms with E-state index in [0.29, 0.717) is 30.7 Å². The third-order valence-electron chi connectivity index (χ3n) is 4.36. The number of hydrogen-bond acceptors (Lipinski definition) is 5. The number of pyridine rings is 1. The number of aromatic nitrogens is 2. The number of hydrogen-bond donors (Lipinski definition) is 2. The fourth-order valence-electron chi connectivity index (χ4n) is 2.84. The van der Waals surface area contributed by atoms with Crippen molar-refractivity contribution in [2.24, 2.45) is 11.7 Å². The zero-order chi connectivity index (χ0) is 17.3. The standard InChI is InChI=1S/C15H21N5O3S.ClH/c1-11(9-16)15(21)19-5-7-20(8-6-19)24(22,23)13-10-18-14-12(13)3-2-4-17-14;/h2-4,10-11H,5-9,16H2,1H3,(H,17,18);1H. The molecule has 0 spiro atoms. The Labute approximate surface area is 152 Å². The lowest BCUT2D eigenvalue weighted by molar-refractivity contribution is -0.135. The molecular weight excluding hydrogens is 366 g/mol. The maximum absolute atomic E-state index is 12.9. The van der Waals surface area contributed by atoms with Crippen LogP contribution in [0.2, 0.25) is 0 Å². The summed E-state index contributed by atoms with van der Waals surface area (Å²) in [6, 6.07) is 3.44. The van der Waals surface area contributed by atoms with Gasteiger partial charge in [0.25, 0.3) is 0 Å². The number of amides is 1. The summed E-state index contributed by atoms with van der Waals surface area (Å²) in [5.74, 6) is -0.265. The second-order valence-corrected chi connectivity index (χ2v) is 7.82. The first-order chi connectivity index (χ1) is 11.4. The molecule has 0 aromatic carbocycles. The van der Waals surface area contributed by atoms with Gasteiger partial charge in [0.05, 0.1) is 0 Å². The number of nitrogens with two attached hydrogens (primary N) is 1. The zero-order valence-corrected chi connectivity index (χ0v) is 15.5. The van der Waals surface area contributed by atoms with E-state index >= 15 is 0 Å². The van der Waals surface area contributed by atoms with Gasteiger partial charge < -0.3 is 15.6 Å². The Morgan fingerprint density at radius 3 is 2.68 bits per heavy atom. The van der Waals surface area contributed by atoms with E-state index < -0.39 is 10.0 Å². The first-order valence-electron chi connectivity index (χ1n) is 7.86. The second-order valence-electron chi connectivity index (χ2n) is 5.92. The number of sulfonamides is 1. The largest absolute Gasteiger partial charge is 0.345 e. The van der Waals surface area contributed by atoms with Crippen molar-refractivity contribution in [2.75, 3.05) is 32.7 Å². The molecule has 0 bridgehead atoms. The maximum Gasteiger partial charge on any atom is 0.245 e. The predicted molar refractivity (Wildman–Crippen MR) is 96.9 cm³/mol. The summed E-state index contributed by atoms with van der Waals surface area (Å²) in [7, 11) is -3.62. The quantitative estimate of drug-likeness (QED) is 0.789. The fourth-order valence-corrected chi connectivity index (χ4v) is 4.42. The molecule has 25 heavy (non-hydrogen) atoms. The maximum atomic E-state index is 12.9. The van der Waals surface area contributed by atoms with E-state index in [-0.39, 0.29) is 42.2 Å². The summed E-state index contributed by atoms with van der Waals surface area (Å²) in [5, 5.41) is 0.577. The Hall–Kier alpha value is -1.68. The van der Waals surface area contributed by atoms with Crippen molar-refractivity contribution < 1.29 is 13.2 Å². The summed E-state index contributed by atoms with van der Waals surface area (Å²) in [4.78, 5) is 21.1. The summed E-state index contributed by atoms with van der Waals surface area (Å²) in [6.45, 7) is 3.38. The van der Waals surface area contributed by atoms with Crippen molar-refractivity contribution in [3.8, 4) is 0 Å². The third kappa shape index (κ3) is 3.64. The molecule has 1 aliphatic rings. The van der Waals surface area contributed by atoms with Gasteiger partial charge in [-0.1, -0.05) is 6.92 Å². The van der Waals surface area contributed by atoms with Crippen LogP contribution in [0.4, 0.5) is 0 Å². The molecule has 3 N–H and O–H groups in total. The molecular formula is C15H22ClN5O3S.